The molecule has 3 rings (SSSR count). The lowest BCUT2D eigenvalue weighted by atomic mass is 9.88. The molecule has 24 heavy (non-hydrogen) atoms. The van der Waals surface area contributed by atoms with Crippen LogP contribution in [0.5, 0.6) is 11.5 Å². The number of hydrogen-bond donors (Lipinski definition) is 1. The van der Waals surface area contributed by atoms with Gasteiger partial charge < -0.3 is 10.1 Å². The molecule has 1 aliphatic heterocycles. The standard InChI is InChI=1S/C22H29NO/c1-22(2,3)16-17-6-4-8-20(14-17)24-21-9-5-7-19(15-21)18-10-12-23-13-11-18/h4-9,14-15,18,23H,10-13,16H2,1-3H3. The third-order valence-electron chi connectivity index (χ3n) is 4.54. The Kier molecular flexibility index (Phi) is 5.25. The van der Waals surface area contributed by atoms with Gasteiger partial charge in [0.2, 0.25) is 0 Å². The first-order valence-electron chi connectivity index (χ1n) is 9.07. The summed E-state index contributed by atoms with van der Waals surface area (Å²) in [7, 11) is 0. The first-order valence-corrected chi connectivity index (χ1v) is 9.07. The second kappa shape index (κ2) is 7.40. The van der Waals surface area contributed by atoms with E-state index < -0.39 is 0 Å². The van der Waals surface area contributed by atoms with Gasteiger partial charge in [0.1, 0.15) is 11.5 Å². The summed E-state index contributed by atoms with van der Waals surface area (Å²) in [6.07, 6.45) is 3.48. The number of nitrogens with one attached hydrogen (secondary N) is 1. The van der Waals surface area contributed by atoms with Crippen LogP contribution < -0.4 is 10.1 Å². The van der Waals surface area contributed by atoms with Crippen LogP contribution in [0, 0.1) is 5.41 Å². The maximum absolute atomic E-state index is 6.15. The Morgan fingerprint density at radius 1 is 0.958 bits per heavy atom. The fourth-order valence-electron chi connectivity index (χ4n) is 3.45. The Hall–Kier alpha value is -1.80. The van der Waals surface area contributed by atoms with Crippen molar-refractivity contribution >= 4 is 0 Å². The molecule has 1 fully saturated rings. The molecule has 2 aromatic carbocycles. The summed E-state index contributed by atoms with van der Waals surface area (Å²) in [6.45, 7) is 9.03. The van der Waals surface area contributed by atoms with E-state index >= 15 is 0 Å². The molecule has 2 heteroatoms. The second-order valence-corrected chi connectivity index (χ2v) is 8.08. The van der Waals surface area contributed by atoms with E-state index in [4.69, 9.17) is 4.74 Å². The Morgan fingerprint density at radius 3 is 2.33 bits per heavy atom. The van der Waals surface area contributed by atoms with Crippen molar-refractivity contribution in [1.82, 2.24) is 5.32 Å². The van der Waals surface area contributed by atoms with Crippen LogP contribution >= 0.6 is 0 Å². The molecule has 1 N–H and O–H groups in total. The van der Waals surface area contributed by atoms with Gasteiger partial charge in [-0.3, -0.25) is 0 Å². The van der Waals surface area contributed by atoms with Crippen LogP contribution in [0.15, 0.2) is 48.5 Å². The van der Waals surface area contributed by atoms with Crippen molar-refractivity contribution in [2.24, 2.45) is 5.41 Å². The minimum absolute atomic E-state index is 0.285. The fourth-order valence-corrected chi connectivity index (χ4v) is 3.45. The molecule has 0 unspecified atom stereocenters. The number of ether oxygens (including phenoxy) is 1. The van der Waals surface area contributed by atoms with Gasteiger partial charge in [-0.05, 0) is 79.1 Å². The average Bonchev–Trinajstić information content (AvgIpc) is 2.55. The molecule has 0 amide bonds. The van der Waals surface area contributed by atoms with Gasteiger partial charge >= 0.3 is 0 Å². The Bertz CT molecular complexity index is 666. The van der Waals surface area contributed by atoms with Gasteiger partial charge in [0.15, 0.2) is 0 Å². The van der Waals surface area contributed by atoms with Crippen LogP contribution in [0.2, 0.25) is 0 Å². The highest BCUT2D eigenvalue weighted by atomic mass is 16.5. The van der Waals surface area contributed by atoms with Gasteiger partial charge in [-0.2, -0.15) is 0 Å². The molecule has 0 radical (unpaired) electrons. The van der Waals surface area contributed by atoms with E-state index in [0.717, 1.165) is 31.0 Å². The molecule has 0 aromatic heterocycles. The zero-order valence-corrected chi connectivity index (χ0v) is 15.1. The summed E-state index contributed by atoms with van der Waals surface area (Å²) in [4.78, 5) is 0. The van der Waals surface area contributed by atoms with E-state index in [1.165, 1.54) is 24.0 Å². The van der Waals surface area contributed by atoms with E-state index in [1.807, 2.05) is 6.07 Å². The van der Waals surface area contributed by atoms with E-state index in [-0.39, 0.29) is 5.41 Å². The smallest absolute Gasteiger partial charge is 0.127 e. The van der Waals surface area contributed by atoms with Crippen LogP contribution in [-0.4, -0.2) is 13.1 Å². The highest BCUT2D eigenvalue weighted by Gasteiger charge is 2.16. The maximum atomic E-state index is 6.15. The average molecular weight is 323 g/mol. The van der Waals surface area contributed by atoms with Crippen molar-refractivity contribution in [3.8, 4) is 11.5 Å². The Labute approximate surface area is 146 Å². The molecule has 0 aliphatic carbocycles. The molecule has 1 heterocycles. The first-order chi connectivity index (χ1) is 11.5. The van der Waals surface area contributed by atoms with Gasteiger partial charge in [0.25, 0.3) is 0 Å². The van der Waals surface area contributed by atoms with Gasteiger partial charge in [-0.15, -0.1) is 0 Å². The minimum Gasteiger partial charge on any atom is -0.457 e. The topological polar surface area (TPSA) is 21.3 Å². The SMILES string of the molecule is CC(C)(C)Cc1cccc(Oc2cccc(C3CCNCC3)c2)c1. The maximum Gasteiger partial charge on any atom is 0.127 e. The molecule has 2 aromatic rings. The van der Waals surface area contributed by atoms with Crippen molar-refractivity contribution in [3.05, 3.63) is 59.7 Å². The summed E-state index contributed by atoms with van der Waals surface area (Å²) in [5, 5.41) is 3.43. The molecule has 2 nitrogen and oxygen atoms in total. The fraction of sp³-hybridized carbons (Fsp3) is 0.455. The summed E-state index contributed by atoms with van der Waals surface area (Å²) in [6, 6.07) is 17.1. The normalized spacial score (nSPS) is 16.1. The third-order valence-corrected chi connectivity index (χ3v) is 4.54. The number of piperidine rings is 1. The number of rotatable bonds is 4. The molecule has 128 valence electrons. The summed E-state index contributed by atoms with van der Waals surface area (Å²) in [5.41, 5.74) is 3.02. The molecule has 1 aliphatic rings. The van der Waals surface area contributed by atoms with Crippen molar-refractivity contribution in [1.29, 1.82) is 0 Å². The lowest BCUT2D eigenvalue weighted by Crippen LogP contribution is -2.26. The van der Waals surface area contributed by atoms with Crippen LogP contribution in [-0.2, 0) is 6.42 Å². The summed E-state index contributed by atoms with van der Waals surface area (Å²) >= 11 is 0. The van der Waals surface area contributed by atoms with E-state index in [2.05, 4.69) is 68.6 Å². The van der Waals surface area contributed by atoms with Crippen molar-refractivity contribution < 1.29 is 4.74 Å². The Balaban J connectivity index is 1.73. The van der Waals surface area contributed by atoms with E-state index in [0.29, 0.717) is 5.92 Å². The molecule has 0 bridgehead atoms. The minimum atomic E-state index is 0.285. The molecule has 0 atom stereocenters. The van der Waals surface area contributed by atoms with Crippen LogP contribution in [0.25, 0.3) is 0 Å². The molecular weight excluding hydrogens is 294 g/mol. The lowest BCUT2D eigenvalue weighted by Gasteiger charge is -2.23. The van der Waals surface area contributed by atoms with Crippen molar-refractivity contribution in [3.63, 3.8) is 0 Å². The highest BCUT2D eigenvalue weighted by Crippen LogP contribution is 2.30. The quantitative estimate of drug-likeness (QED) is 0.798. The number of benzene rings is 2. The van der Waals surface area contributed by atoms with Gasteiger partial charge in [-0.25, -0.2) is 0 Å². The van der Waals surface area contributed by atoms with E-state index in [1.54, 1.807) is 0 Å². The predicted molar refractivity (Wildman–Crippen MR) is 101 cm³/mol. The molecule has 0 saturated carbocycles. The van der Waals surface area contributed by atoms with E-state index in [9.17, 15) is 0 Å². The van der Waals surface area contributed by atoms with Crippen molar-refractivity contribution in [2.45, 2.75) is 46.0 Å². The van der Waals surface area contributed by atoms with Gasteiger partial charge in [0, 0.05) is 0 Å². The third kappa shape index (κ3) is 4.85. The van der Waals surface area contributed by atoms with Crippen LogP contribution in [0.1, 0.15) is 50.7 Å². The molecular formula is C22H29NO. The van der Waals surface area contributed by atoms with Gasteiger partial charge in [0.05, 0.1) is 0 Å². The largest absolute Gasteiger partial charge is 0.457 e. The number of hydrogen-bond acceptors (Lipinski definition) is 2. The lowest BCUT2D eigenvalue weighted by molar-refractivity contribution is 0.409. The zero-order chi connectivity index (χ0) is 17.0. The summed E-state index contributed by atoms with van der Waals surface area (Å²) < 4.78 is 6.15. The van der Waals surface area contributed by atoms with Crippen LogP contribution in [0.3, 0.4) is 0 Å². The second-order valence-electron chi connectivity index (χ2n) is 8.08. The van der Waals surface area contributed by atoms with Gasteiger partial charge in [-0.1, -0.05) is 45.0 Å². The predicted octanol–water partition coefficient (Wildman–Crippen LogP) is 5.53. The Morgan fingerprint density at radius 2 is 1.62 bits per heavy atom. The highest BCUT2D eigenvalue weighted by molar-refractivity contribution is 5.37. The zero-order valence-electron chi connectivity index (χ0n) is 15.1. The molecule has 1 saturated heterocycles. The monoisotopic (exact) mass is 323 g/mol. The van der Waals surface area contributed by atoms with Crippen LogP contribution in [0.4, 0.5) is 0 Å². The first kappa shape index (κ1) is 17.0. The van der Waals surface area contributed by atoms with Crippen molar-refractivity contribution in [2.75, 3.05) is 13.1 Å². The summed E-state index contributed by atoms with van der Waals surface area (Å²) in [5.74, 6) is 2.53. The molecule has 0 spiro atoms.